The summed E-state index contributed by atoms with van der Waals surface area (Å²) in [5, 5.41) is 8.86. The van der Waals surface area contributed by atoms with Crippen molar-refractivity contribution in [2.24, 2.45) is 0 Å². The summed E-state index contributed by atoms with van der Waals surface area (Å²) in [6.45, 7) is 16.3. The number of hydrogen-bond donors (Lipinski definition) is 1. The van der Waals surface area contributed by atoms with Gasteiger partial charge in [0.15, 0.2) is 14.1 Å². The van der Waals surface area contributed by atoms with E-state index in [2.05, 4.69) is 33.9 Å². The van der Waals surface area contributed by atoms with Crippen LogP contribution in [-0.2, 0) is 18.8 Å². The Kier molecular flexibility index (Phi) is 7.27. The Morgan fingerprint density at radius 1 is 1.07 bits per heavy atom. The SMILES string of the molecule is CC(C)(C)OC(=O)N1C[C@H](O[Si](C)(C)C(C)(C)C)C[C@H]1C(=O)CCC(=O)O. The van der Waals surface area contributed by atoms with E-state index in [1.165, 1.54) is 4.90 Å². The number of carboxylic acids is 1. The molecule has 0 unspecified atom stereocenters. The average molecular weight is 402 g/mol. The van der Waals surface area contributed by atoms with Gasteiger partial charge in [0.1, 0.15) is 5.60 Å². The molecule has 8 heteroatoms. The van der Waals surface area contributed by atoms with Crippen LogP contribution in [0.4, 0.5) is 4.79 Å². The topological polar surface area (TPSA) is 93.1 Å². The number of carbonyl (C=O) groups excluding carboxylic acids is 2. The molecule has 1 saturated heterocycles. The number of aliphatic carboxylic acids is 1. The van der Waals surface area contributed by atoms with Crippen molar-refractivity contribution in [2.75, 3.05) is 6.54 Å². The van der Waals surface area contributed by atoms with Gasteiger partial charge in [-0.05, 0) is 38.9 Å². The van der Waals surface area contributed by atoms with Crippen LogP contribution in [0.25, 0.3) is 0 Å². The van der Waals surface area contributed by atoms with Crippen molar-refractivity contribution in [1.29, 1.82) is 0 Å². The lowest BCUT2D eigenvalue weighted by Gasteiger charge is -2.38. The molecule has 156 valence electrons. The Hall–Kier alpha value is -1.41. The first kappa shape index (κ1) is 23.6. The first-order chi connectivity index (χ1) is 12.0. The molecule has 1 fully saturated rings. The van der Waals surface area contributed by atoms with E-state index in [9.17, 15) is 14.4 Å². The number of rotatable bonds is 6. The highest BCUT2D eigenvalue weighted by Crippen LogP contribution is 2.39. The van der Waals surface area contributed by atoms with Crippen LogP contribution in [0.15, 0.2) is 0 Å². The molecule has 0 bridgehead atoms. The highest BCUT2D eigenvalue weighted by atomic mass is 28.4. The Bertz CT molecular complexity index is 576. The largest absolute Gasteiger partial charge is 0.481 e. The van der Waals surface area contributed by atoms with E-state index in [0.717, 1.165) is 0 Å². The van der Waals surface area contributed by atoms with Gasteiger partial charge in [0, 0.05) is 19.4 Å². The number of amides is 1. The molecule has 1 aliphatic rings. The minimum absolute atomic E-state index is 0.00908. The van der Waals surface area contributed by atoms with Crippen molar-refractivity contribution in [3.05, 3.63) is 0 Å². The number of ether oxygens (including phenoxy) is 1. The Morgan fingerprint density at radius 3 is 2.07 bits per heavy atom. The summed E-state index contributed by atoms with van der Waals surface area (Å²) in [5.74, 6) is -1.29. The van der Waals surface area contributed by atoms with Crippen LogP contribution >= 0.6 is 0 Å². The fourth-order valence-corrected chi connectivity index (χ4v) is 4.06. The van der Waals surface area contributed by atoms with Gasteiger partial charge >= 0.3 is 12.1 Å². The second kappa shape index (κ2) is 8.30. The molecule has 7 nitrogen and oxygen atoms in total. The van der Waals surface area contributed by atoms with Gasteiger partial charge in [-0.3, -0.25) is 14.5 Å². The summed E-state index contributed by atoms with van der Waals surface area (Å²) in [4.78, 5) is 37.4. The van der Waals surface area contributed by atoms with Gasteiger partial charge in [-0.25, -0.2) is 4.79 Å². The fraction of sp³-hybridized carbons (Fsp3) is 0.842. The van der Waals surface area contributed by atoms with Gasteiger partial charge < -0.3 is 14.3 Å². The third-order valence-electron chi connectivity index (χ3n) is 5.12. The first-order valence-electron chi connectivity index (χ1n) is 9.45. The smallest absolute Gasteiger partial charge is 0.410 e. The third kappa shape index (κ3) is 6.92. The molecule has 1 N–H and O–H groups in total. The van der Waals surface area contributed by atoms with E-state index < -0.39 is 32.0 Å². The molecule has 0 aromatic heterocycles. The van der Waals surface area contributed by atoms with Gasteiger partial charge in [0.2, 0.25) is 0 Å². The quantitative estimate of drug-likeness (QED) is 0.680. The molecule has 1 heterocycles. The summed E-state index contributed by atoms with van der Waals surface area (Å²) in [5.41, 5.74) is -0.676. The van der Waals surface area contributed by atoms with Gasteiger partial charge in [-0.2, -0.15) is 0 Å². The summed E-state index contributed by atoms with van der Waals surface area (Å²) in [7, 11) is -2.07. The molecule has 2 atom stereocenters. The Labute approximate surface area is 163 Å². The van der Waals surface area contributed by atoms with E-state index >= 15 is 0 Å². The molecule has 1 rings (SSSR count). The molecule has 0 aromatic carbocycles. The predicted octanol–water partition coefficient (Wildman–Crippen LogP) is 3.82. The minimum atomic E-state index is -2.07. The predicted molar refractivity (Wildman–Crippen MR) is 105 cm³/mol. The summed E-state index contributed by atoms with van der Waals surface area (Å²) in [6.07, 6.45) is -0.781. The van der Waals surface area contributed by atoms with Crippen molar-refractivity contribution in [2.45, 2.75) is 96.7 Å². The van der Waals surface area contributed by atoms with Crippen molar-refractivity contribution in [3.63, 3.8) is 0 Å². The van der Waals surface area contributed by atoms with Crippen molar-refractivity contribution in [1.82, 2.24) is 4.90 Å². The van der Waals surface area contributed by atoms with E-state index in [-0.39, 0.29) is 36.3 Å². The molecule has 0 spiro atoms. The van der Waals surface area contributed by atoms with E-state index in [0.29, 0.717) is 6.42 Å². The zero-order valence-corrected chi connectivity index (χ0v) is 18.9. The van der Waals surface area contributed by atoms with Gasteiger partial charge in [0.05, 0.1) is 18.6 Å². The maximum Gasteiger partial charge on any atom is 0.410 e. The molecule has 27 heavy (non-hydrogen) atoms. The molecule has 1 aliphatic heterocycles. The van der Waals surface area contributed by atoms with Crippen LogP contribution in [-0.4, -0.2) is 60.5 Å². The standard InChI is InChI=1S/C19H35NO6Si/c1-18(2,3)25-17(24)20-12-13(26-27(7,8)19(4,5)6)11-14(20)15(21)9-10-16(22)23/h13-14H,9-12H2,1-8H3,(H,22,23)/t13-,14+/m1/s1. The summed E-state index contributed by atoms with van der Waals surface area (Å²) in [6, 6.07) is -0.700. The molecule has 1 amide bonds. The second-order valence-electron chi connectivity index (χ2n) is 9.74. The van der Waals surface area contributed by atoms with Gasteiger partial charge in [-0.15, -0.1) is 0 Å². The molecular formula is C19H35NO6Si. The van der Waals surface area contributed by atoms with E-state index in [1.807, 2.05) is 0 Å². The van der Waals surface area contributed by atoms with Gasteiger partial charge in [0.25, 0.3) is 0 Å². The number of nitrogens with zero attached hydrogens (tertiary/aromatic N) is 1. The van der Waals surface area contributed by atoms with Crippen molar-refractivity contribution >= 4 is 26.2 Å². The van der Waals surface area contributed by atoms with Crippen LogP contribution in [0.1, 0.15) is 60.8 Å². The van der Waals surface area contributed by atoms with Crippen LogP contribution in [0.5, 0.6) is 0 Å². The fourth-order valence-electron chi connectivity index (χ4n) is 2.70. The van der Waals surface area contributed by atoms with Gasteiger partial charge in [-0.1, -0.05) is 20.8 Å². The number of carbonyl (C=O) groups is 3. The lowest BCUT2D eigenvalue weighted by atomic mass is 10.1. The second-order valence-corrected chi connectivity index (χ2v) is 14.5. The molecule has 0 radical (unpaired) electrons. The number of ketones is 1. The highest BCUT2D eigenvalue weighted by Gasteiger charge is 2.46. The number of Topliss-reactive ketones (excluding diaryl/α,β-unsaturated/α-hetero) is 1. The molecule has 0 saturated carbocycles. The lowest BCUT2D eigenvalue weighted by Crippen LogP contribution is -2.45. The summed E-state index contributed by atoms with van der Waals surface area (Å²) >= 11 is 0. The maximum atomic E-state index is 12.6. The Morgan fingerprint density at radius 2 is 1.63 bits per heavy atom. The molecule has 0 aliphatic carbocycles. The average Bonchev–Trinajstić information content (AvgIpc) is 2.85. The normalized spacial score (nSPS) is 21.3. The minimum Gasteiger partial charge on any atom is -0.481 e. The Balaban J connectivity index is 2.97. The van der Waals surface area contributed by atoms with Crippen molar-refractivity contribution < 1.29 is 28.7 Å². The number of likely N-dealkylation sites (tertiary alicyclic amines) is 1. The maximum absolute atomic E-state index is 12.6. The summed E-state index contributed by atoms with van der Waals surface area (Å²) < 4.78 is 11.8. The van der Waals surface area contributed by atoms with Crippen LogP contribution in [0.2, 0.25) is 18.1 Å². The van der Waals surface area contributed by atoms with E-state index in [1.54, 1.807) is 20.8 Å². The molecule has 0 aromatic rings. The highest BCUT2D eigenvalue weighted by molar-refractivity contribution is 6.74. The van der Waals surface area contributed by atoms with Crippen molar-refractivity contribution in [3.8, 4) is 0 Å². The lowest BCUT2D eigenvalue weighted by molar-refractivity contribution is -0.139. The third-order valence-corrected chi connectivity index (χ3v) is 9.65. The van der Waals surface area contributed by atoms with Crippen LogP contribution < -0.4 is 0 Å². The molecular weight excluding hydrogens is 366 g/mol. The number of hydrogen-bond acceptors (Lipinski definition) is 5. The zero-order valence-electron chi connectivity index (χ0n) is 17.9. The number of carboxylic acid groups (broad SMARTS) is 1. The van der Waals surface area contributed by atoms with E-state index in [4.69, 9.17) is 14.3 Å². The monoisotopic (exact) mass is 401 g/mol. The first-order valence-corrected chi connectivity index (χ1v) is 12.4. The zero-order chi connectivity index (χ0) is 21.2. The van der Waals surface area contributed by atoms with Crippen LogP contribution in [0.3, 0.4) is 0 Å². The van der Waals surface area contributed by atoms with Crippen LogP contribution in [0, 0.1) is 0 Å².